The Morgan fingerprint density at radius 1 is 1.13 bits per heavy atom. The van der Waals surface area contributed by atoms with Gasteiger partial charge in [0.25, 0.3) is 0 Å². The van der Waals surface area contributed by atoms with Crippen molar-refractivity contribution < 1.29 is 9.53 Å². The molecule has 1 aromatic heterocycles. The van der Waals surface area contributed by atoms with Crippen LogP contribution in [-0.2, 0) is 24.8 Å². The Bertz CT molecular complexity index is 1060. The lowest BCUT2D eigenvalue weighted by Gasteiger charge is -2.45. The van der Waals surface area contributed by atoms with Crippen molar-refractivity contribution in [3.63, 3.8) is 0 Å². The van der Waals surface area contributed by atoms with Gasteiger partial charge in [-0.1, -0.05) is 42.5 Å². The molecule has 1 amide bonds. The Hall–Kier alpha value is -2.79. The van der Waals surface area contributed by atoms with Gasteiger partial charge >= 0.3 is 6.09 Å². The zero-order valence-electron chi connectivity index (χ0n) is 17.7. The number of alkyl carbamates (subject to hydrolysis) is 1. The summed E-state index contributed by atoms with van der Waals surface area (Å²) in [5.74, 6) is 0.926. The van der Waals surface area contributed by atoms with Gasteiger partial charge in [-0.3, -0.25) is 0 Å². The molecule has 3 aromatic rings. The summed E-state index contributed by atoms with van der Waals surface area (Å²) < 4.78 is 7.64. The van der Waals surface area contributed by atoms with Gasteiger partial charge in [0.2, 0.25) is 0 Å². The molecule has 2 aliphatic rings. The fourth-order valence-electron chi connectivity index (χ4n) is 5.48. The number of hydrogen-bond donors (Lipinski definition) is 1. The van der Waals surface area contributed by atoms with Crippen LogP contribution in [0.15, 0.2) is 54.7 Å². The molecule has 2 heterocycles. The van der Waals surface area contributed by atoms with Gasteiger partial charge in [0.1, 0.15) is 6.61 Å². The summed E-state index contributed by atoms with van der Waals surface area (Å²) in [4.78, 5) is 14.7. The zero-order valence-corrected chi connectivity index (χ0v) is 17.7. The Kier molecular flexibility index (Phi) is 4.99. The fraction of sp³-hybridized carbons (Fsp3) is 0.400. The van der Waals surface area contributed by atoms with Crippen LogP contribution in [0.2, 0.25) is 0 Å². The maximum atomic E-state index is 12.2. The van der Waals surface area contributed by atoms with Crippen LogP contribution in [0.1, 0.15) is 29.0 Å². The number of piperidine rings is 1. The largest absolute Gasteiger partial charge is 0.445 e. The smallest absolute Gasteiger partial charge is 0.407 e. The molecule has 1 N–H and O–H groups in total. The average Bonchev–Trinajstić information content (AvgIpc) is 3.09. The molecule has 1 fully saturated rings. The number of carbonyl (C=O) groups excluding carboxylic acids is 1. The van der Waals surface area contributed by atoms with E-state index in [2.05, 4.69) is 53.3 Å². The number of carbonyl (C=O) groups is 1. The second kappa shape index (κ2) is 7.80. The molecule has 1 aliphatic carbocycles. The van der Waals surface area contributed by atoms with Gasteiger partial charge in [0, 0.05) is 49.2 Å². The first-order valence-corrected chi connectivity index (χ1v) is 10.8. The van der Waals surface area contributed by atoms with E-state index in [0.29, 0.717) is 31.0 Å². The van der Waals surface area contributed by atoms with Crippen molar-refractivity contribution in [3.05, 3.63) is 71.4 Å². The maximum absolute atomic E-state index is 12.2. The monoisotopic (exact) mass is 403 g/mol. The van der Waals surface area contributed by atoms with Gasteiger partial charge in [-0.25, -0.2) is 4.79 Å². The van der Waals surface area contributed by atoms with Gasteiger partial charge < -0.3 is 19.5 Å². The SMILES string of the molecule is CN1CC(CNC(=O)OCc2ccccc2)C[C@@H]2c3cccc4c3c(cn4C)CC21. The first kappa shape index (κ1) is 19.2. The minimum atomic E-state index is -0.334. The Morgan fingerprint density at radius 2 is 1.97 bits per heavy atom. The molecule has 1 saturated heterocycles. The van der Waals surface area contributed by atoms with E-state index >= 15 is 0 Å². The second-order valence-corrected chi connectivity index (χ2v) is 8.87. The molecule has 3 atom stereocenters. The first-order valence-electron chi connectivity index (χ1n) is 10.8. The van der Waals surface area contributed by atoms with E-state index in [9.17, 15) is 4.79 Å². The van der Waals surface area contributed by atoms with Gasteiger partial charge in [-0.2, -0.15) is 0 Å². The molecule has 5 rings (SSSR count). The summed E-state index contributed by atoms with van der Waals surface area (Å²) in [7, 11) is 4.37. The number of aryl methyl sites for hydroxylation is 1. The second-order valence-electron chi connectivity index (χ2n) is 8.87. The quantitative estimate of drug-likeness (QED) is 0.714. The number of rotatable bonds is 4. The summed E-state index contributed by atoms with van der Waals surface area (Å²) in [5.41, 5.74) is 5.27. The van der Waals surface area contributed by atoms with Gasteiger partial charge in [0.05, 0.1) is 0 Å². The fourth-order valence-corrected chi connectivity index (χ4v) is 5.48. The highest BCUT2D eigenvalue weighted by Gasteiger charge is 2.39. The minimum absolute atomic E-state index is 0.306. The number of nitrogens with zero attached hydrogens (tertiary/aromatic N) is 2. The molecule has 0 radical (unpaired) electrons. The standard InChI is InChI=1S/C25H29N3O2/c1-27-14-18(13-26-25(29)30-16-17-7-4-3-5-8-17)11-21-20-9-6-10-22-24(20)19(12-23(21)27)15-28(22)2/h3-10,15,18,21,23H,11-14,16H2,1-2H3,(H,26,29)/t18?,21-,23?/m1/s1. The van der Waals surface area contributed by atoms with Crippen molar-refractivity contribution in [2.45, 2.75) is 31.4 Å². The molecule has 2 aromatic carbocycles. The van der Waals surface area contributed by atoms with Crippen molar-refractivity contribution >= 4 is 17.0 Å². The lowest BCUT2D eigenvalue weighted by atomic mass is 9.72. The van der Waals surface area contributed by atoms with E-state index in [0.717, 1.165) is 24.9 Å². The summed E-state index contributed by atoms with van der Waals surface area (Å²) in [5, 5.41) is 4.44. The maximum Gasteiger partial charge on any atom is 0.407 e. The van der Waals surface area contributed by atoms with Gasteiger partial charge in [-0.15, -0.1) is 0 Å². The van der Waals surface area contributed by atoms with Crippen LogP contribution in [0.4, 0.5) is 4.79 Å². The van der Waals surface area contributed by atoms with Crippen LogP contribution in [0.25, 0.3) is 10.9 Å². The van der Waals surface area contributed by atoms with Crippen molar-refractivity contribution in [2.24, 2.45) is 13.0 Å². The molecule has 0 saturated carbocycles. The van der Waals surface area contributed by atoms with E-state index in [4.69, 9.17) is 4.74 Å². The van der Waals surface area contributed by atoms with Crippen LogP contribution in [0, 0.1) is 5.92 Å². The van der Waals surface area contributed by atoms with Crippen LogP contribution in [-0.4, -0.2) is 41.7 Å². The highest BCUT2D eigenvalue weighted by molar-refractivity contribution is 5.89. The lowest BCUT2D eigenvalue weighted by molar-refractivity contribution is 0.104. The van der Waals surface area contributed by atoms with E-state index in [1.54, 1.807) is 0 Å². The van der Waals surface area contributed by atoms with E-state index in [1.807, 2.05) is 30.3 Å². The van der Waals surface area contributed by atoms with Crippen LogP contribution in [0.3, 0.4) is 0 Å². The average molecular weight is 404 g/mol. The molecule has 2 unspecified atom stereocenters. The zero-order chi connectivity index (χ0) is 20.7. The normalized spacial score (nSPS) is 23.2. The summed E-state index contributed by atoms with van der Waals surface area (Å²) in [6, 6.07) is 17.0. The van der Waals surface area contributed by atoms with E-state index in [1.165, 1.54) is 22.0 Å². The molecule has 5 nitrogen and oxygen atoms in total. The topological polar surface area (TPSA) is 46.5 Å². The molecule has 30 heavy (non-hydrogen) atoms. The van der Waals surface area contributed by atoms with Crippen molar-refractivity contribution in [2.75, 3.05) is 20.1 Å². The number of amides is 1. The highest BCUT2D eigenvalue weighted by atomic mass is 16.5. The van der Waals surface area contributed by atoms with Gasteiger partial charge in [-0.05, 0) is 48.6 Å². The lowest BCUT2D eigenvalue weighted by Crippen LogP contribution is -2.50. The molecule has 0 bridgehead atoms. The molecule has 1 aliphatic heterocycles. The van der Waals surface area contributed by atoms with Crippen LogP contribution < -0.4 is 5.32 Å². The Balaban J connectivity index is 1.25. The molecule has 156 valence electrons. The third-order valence-electron chi connectivity index (χ3n) is 6.87. The van der Waals surface area contributed by atoms with Gasteiger partial charge in [0.15, 0.2) is 0 Å². The number of aromatic nitrogens is 1. The van der Waals surface area contributed by atoms with Crippen LogP contribution in [0.5, 0.6) is 0 Å². The summed E-state index contributed by atoms with van der Waals surface area (Å²) in [6.07, 6.45) is 4.17. The van der Waals surface area contributed by atoms with E-state index in [-0.39, 0.29) is 6.09 Å². The van der Waals surface area contributed by atoms with E-state index < -0.39 is 0 Å². The third-order valence-corrected chi connectivity index (χ3v) is 6.87. The van der Waals surface area contributed by atoms with Crippen molar-refractivity contribution in [3.8, 4) is 0 Å². The number of benzene rings is 2. The summed E-state index contributed by atoms with van der Waals surface area (Å²) in [6.45, 7) is 1.96. The molecule has 0 spiro atoms. The number of likely N-dealkylation sites (N-methyl/N-ethyl adjacent to an activating group) is 1. The molecule has 5 heteroatoms. The Labute approximate surface area is 177 Å². The number of ether oxygens (including phenoxy) is 1. The predicted octanol–water partition coefficient (Wildman–Crippen LogP) is 4.06. The number of nitrogens with one attached hydrogen (secondary N) is 1. The number of hydrogen-bond acceptors (Lipinski definition) is 3. The minimum Gasteiger partial charge on any atom is -0.445 e. The third kappa shape index (κ3) is 3.47. The number of fused-ring (bicyclic) bond motifs is 2. The summed E-state index contributed by atoms with van der Waals surface area (Å²) >= 11 is 0. The first-order chi connectivity index (χ1) is 14.6. The number of likely N-dealkylation sites (tertiary alicyclic amines) is 1. The van der Waals surface area contributed by atoms with Crippen molar-refractivity contribution in [1.82, 2.24) is 14.8 Å². The molecular formula is C25H29N3O2. The van der Waals surface area contributed by atoms with Crippen molar-refractivity contribution in [1.29, 1.82) is 0 Å². The van der Waals surface area contributed by atoms with Crippen LogP contribution >= 0.6 is 0 Å². The Morgan fingerprint density at radius 3 is 2.80 bits per heavy atom. The highest BCUT2D eigenvalue weighted by Crippen LogP contribution is 2.44. The predicted molar refractivity (Wildman–Crippen MR) is 119 cm³/mol. The molecular weight excluding hydrogens is 374 g/mol.